The van der Waals surface area contributed by atoms with Crippen molar-refractivity contribution >= 4 is 27.2 Å². The number of thiophene rings is 1. The maximum Gasteiger partial charge on any atom is 0.259 e. The molecule has 0 amide bonds. The van der Waals surface area contributed by atoms with Crippen LogP contribution in [0.25, 0.3) is 20.7 Å². The first-order valence-corrected chi connectivity index (χ1v) is 11.6. The number of hydrogen-bond acceptors (Lipinski definition) is 6. The van der Waals surface area contributed by atoms with Gasteiger partial charge in [0.05, 0.1) is 23.6 Å². The summed E-state index contributed by atoms with van der Waals surface area (Å²) in [6.45, 7) is 4.34. The predicted octanol–water partition coefficient (Wildman–Crippen LogP) is 4.24. The van der Waals surface area contributed by atoms with Gasteiger partial charge >= 0.3 is 0 Å². The van der Waals surface area contributed by atoms with Crippen LogP contribution in [0.4, 0.5) is 5.69 Å². The molecular formula is C25H23N5OS. The van der Waals surface area contributed by atoms with Crippen LogP contribution in [-0.4, -0.2) is 41.0 Å². The molecule has 1 N–H and O–H groups in total. The van der Waals surface area contributed by atoms with E-state index in [4.69, 9.17) is 10.2 Å². The monoisotopic (exact) mass is 441 g/mol. The Labute approximate surface area is 190 Å². The lowest BCUT2D eigenvalue weighted by Gasteiger charge is -2.23. The van der Waals surface area contributed by atoms with Crippen molar-refractivity contribution in [2.75, 3.05) is 31.1 Å². The summed E-state index contributed by atoms with van der Waals surface area (Å²) in [4.78, 5) is 27.0. The van der Waals surface area contributed by atoms with Crippen molar-refractivity contribution < 1.29 is 0 Å². The van der Waals surface area contributed by atoms with Crippen molar-refractivity contribution in [3.63, 3.8) is 0 Å². The van der Waals surface area contributed by atoms with Crippen LogP contribution in [0.2, 0.25) is 0 Å². The maximum absolute atomic E-state index is 12.7. The number of aromatic nitrogens is 2. The van der Waals surface area contributed by atoms with Crippen molar-refractivity contribution in [3.05, 3.63) is 82.4 Å². The van der Waals surface area contributed by atoms with Crippen LogP contribution >= 0.6 is 11.3 Å². The molecule has 6 nitrogen and oxygen atoms in total. The minimum absolute atomic E-state index is 0.0718. The first kappa shape index (κ1) is 20.4. The van der Waals surface area contributed by atoms with Gasteiger partial charge in [-0.15, -0.1) is 11.3 Å². The number of anilines is 1. The van der Waals surface area contributed by atoms with Gasteiger partial charge in [0.25, 0.3) is 5.56 Å². The third-order valence-corrected chi connectivity index (χ3v) is 6.91. The van der Waals surface area contributed by atoms with E-state index in [2.05, 4.69) is 33.0 Å². The van der Waals surface area contributed by atoms with Gasteiger partial charge in [-0.05, 0) is 42.3 Å². The lowest BCUT2D eigenvalue weighted by atomic mass is 10.2. The number of nitrogens with one attached hydrogen (secondary N) is 1. The number of nitrogens with zero attached hydrogens (tertiary/aromatic N) is 4. The Morgan fingerprint density at radius 1 is 1.03 bits per heavy atom. The summed E-state index contributed by atoms with van der Waals surface area (Å²) in [6, 6.07) is 22.0. The van der Waals surface area contributed by atoms with Crippen LogP contribution in [0.15, 0.2) is 65.5 Å². The number of hydrogen-bond donors (Lipinski definition) is 1. The Balaban J connectivity index is 1.31. The number of benzene rings is 2. The summed E-state index contributed by atoms with van der Waals surface area (Å²) in [6.07, 6.45) is 1.03. The molecule has 0 radical (unpaired) electrons. The highest BCUT2D eigenvalue weighted by Crippen LogP contribution is 2.30. The van der Waals surface area contributed by atoms with Crippen molar-refractivity contribution in [3.8, 4) is 16.5 Å². The Kier molecular flexibility index (Phi) is 5.71. The molecule has 0 aliphatic carbocycles. The van der Waals surface area contributed by atoms with E-state index in [0.717, 1.165) is 59.4 Å². The van der Waals surface area contributed by atoms with E-state index < -0.39 is 0 Å². The highest BCUT2D eigenvalue weighted by molar-refractivity contribution is 7.21. The molecule has 5 rings (SSSR count). The van der Waals surface area contributed by atoms with E-state index in [9.17, 15) is 4.79 Å². The number of nitriles is 1. The molecule has 1 aliphatic rings. The Morgan fingerprint density at radius 3 is 2.62 bits per heavy atom. The van der Waals surface area contributed by atoms with Crippen molar-refractivity contribution in [2.45, 2.75) is 13.0 Å². The van der Waals surface area contributed by atoms with Crippen LogP contribution in [0, 0.1) is 11.3 Å². The van der Waals surface area contributed by atoms with E-state index in [-0.39, 0.29) is 5.56 Å². The zero-order chi connectivity index (χ0) is 21.9. The minimum Gasteiger partial charge on any atom is -0.370 e. The fourth-order valence-corrected chi connectivity index (χ4v) is 5.20. The molecule has 4 aromatic rings. The second-order valence-corrected chi connectivity index (χ2v) is 9.01. The molecule has 0 spiro atoms. The molecule has 0 unspecified atom stereocenters. The first-order valence-electron chi connectivity index (χ1n) is 10.8. The van der Waals surface area contributed by atoms with Crippen molar-refractivity contribution in [1.82, 2.24) is 14.9 Å². The number of aromatic amines is 1. The van der Waals surface area contributed by atoms with Gasteiger partial charge in [-0.25, -0.2) is 4.98 Å². The normalized spacial score (nSPS) is 14.9. The summed E-state index contributed by atoms with van der Waals surface area (Å²) in [5.41, 5.74) is 2.86. The molecule has 32 heavy (non-hydrogen) atoms. The average Bonchev–Trinajstić information content (AvgIpc) is 3.13. The maximum atomic E-state index is 12.7. The lowest BCUT2D eigenvalue weighted by molar-refractivity contribution is 0.278. The summed E-state index contributed by atoms with van der Waals surface area (Å²) in [5.74, 6) is 0.718. The standard InChI is InChI=1S/C25H23N5OS/c26-16-18-7-9-20(10-8-18)30-12-4-11-29(13-14-30)17-23-27-24(31)21-15-22(32-25(21)28-23)19-5-2-1-3-6-19/h1-3,5-10,15H,4,11-14,17H2,(H,27,28,31). The van der Waals surface area contributed by atoms with Crippen LogP contribution in [0.1, 0.15) is 17.8 Å². The molecule has 1 fully saturated rings. The summed E-state index contributed by atoms with van der Waals surface area (Å²) < 4.78 is 0. The van der Waals surface area contributed by atoms with Gasteiger partial charge in [-0.1, -0.05) is 30.3 Å². The fraction of sp³-hybridized carbons (Fsp3) is 0.240. The minimum atomic E-state index is -0.0718. The van der Waals surface area contributed by atoms with Gasteiger partial charge in [0.1, 0.15) is 10.7 Å². The molecule has 2 aromatic carbocycles. The van der Waals surface area contributed by atoms with E-state index >= 15 is 0 Å². The van der Waals surface area contributed by atoms with Crippen LogP contribution in [0.3, 0.4) is 0 Å². The van der Waals surface area contributed by atoms with Gasteiger partial charge < -0.3 is 9.88 Å². The third-order valence-electron chi connectivity index (χ3n) is 5.83. The SMILES string of the molecule is N#Cc1ccc(N2CCCN(Cc3nc4sc(-c5ccccc5)cc4c(=O)[nH]3)CC2)cc1. The lowest BCUT2D eigenvalue weighted by Crippen LogP contribution is -2.31. The topological polar surface area (TPSA) is 76.0 Å². The molecular weight excluding hydrogens is 418 g/mol. The molecule has 0 atom stereocenters. The Bertz CT molecular complexity index is 1320. The van der Waals surface area contributed by atoms with Gasteiger partial charge in [-0.2, -0.15) is 5.26 Å². The summed E-state index contributed by atoms with van der Waals surface area (Å²) >= 11 is 1.56. The number of rotatable bonds is 4. The summed E-state index contributed by atoms with van der Waals surface area (Å²) in [7, 11) is 0. The fourth-order valence-electron chi connectivity index (χ4n) is 4.14. The summed E-state index contributed by atoms with van der Waals surface area (Å²) in [5, 5.41) is 9.66. The van der Waals surface area contributed by atoms with Gasteiger partial charge in [-0.3, -0.25) is 9.69 Å². The third kappa shape index (κ3) is 4.28. The highest BCUT2D eigenvalue weighted by Gasteiger charge is 2.17. The molecule has 1 aliphatic heterocycles. The van der Waals surface area contributed by atoms with Crippen molar-refractivity contribution in [2.24, 2.45) is 0 Å². The Hall–Kier alpha value is -3.47. The second kappa shape index (κ2) is 8.95. The second-order valence-electron chi connectivity index (χ2n) is 7.98. The average molecular weight is 442 g/mol. The van der Waals surface area contributed by atoms with Crippen LogP contribution in [0.5, 0.6) is 0 Å². The largest absolute Gasteiger partial charge is 0.370 e. The van der Waals surface area contributed by atoms with E-state index in [0.29, 0.717) is 17.5 Å². The van der Waals surface area contributed by atoms with Crippen molar-refractivity contribution in [1.29, 1.82) is 5.26 Å². The molecule has 1 saturated heterocycles. The van der Waals surface area contributed by atoms with Crippen LogP contribution in [-0.2, 0) is 6.54 Å². The van der Waals surface area contributed by atoms with Gasteiger partial charge in [0, 0.05) is 36.7 Å². The predicted molar refractivity (Wildman–Crippen MR) is 129 cm³/mol. The number of fused-ring (bicyclic) bond motifs is 1. The molecule has 2 aromatic heterocycles. The van der Waals surface area contributed by atoms with Crippen LogP contribution < -0.4 is 10.5 Å². The molecule has 3 heterocycles. The quantitative estimate of drug-likeness (QED) is 0.513. The molecule has 160 valence electrons. The zero-order valence-corrected chi connectivity index (χ0v) is 18.4. The smallest absolute Gasteiger partial charge is 0.259 e. The number of H-pyrrole nitrogens is 1. The molecule has 0 saturated carbocycles. The van der Waals surface area contributed by atoms with Gasteiger partial charge in [0.15, 0.2) is 0 Å². The van der Waals surface area contributed by atoms with E-state index in [1.54, 1.807) is 11.3 Å². The van der Waals surface area contributed by atoms with E-state index in [1.165, 1.54) is 0 Å². The Morgan fingerprint density at radius 2 is 1.84 bits per heavy atom. The zero-order valence-electron chi connectivity index (χ0n) is 17.6. The van der Waals surface area contributed by atoms with E-state index in [1.807, 2.05) is 48.5 Å². The molecule has 0 bridgehead atoms. The molecule has 7 heteroatoms. The van der Waals surface area contributed by atoms with Gasteiger partial charge in [0.2, 0.25) is 0 Å². The first-order chi connectivity index (χ1) is 15.7. The highest BCUT2D eigenvalue weighted by atomic mass is 32.1.